The summed E-state index contributed by atoms with van der Waals surface area (Å²) in [7, 11) is -3.76. The van der Waals surface area contributed by atoms with E-state index in [9.17, 15) is 13.2 Å². The molecule has 132 valence electrons. The molecule has 9 heteroatoms. The maximum absolute atomic E-state index is 12.3. The van der Waals surface area contributed by atoms with Gasteiger partial charge < -0.3 is 5.32 Å². The van der Waals surface area contributed by atoms with Crippen LogP contribution in [0.4, 0.5) is 11.5 Å². The Morgan fingerprint density at radius 1 is 1.04 bits per heavy atom. The predicted octanol–water partition coefficient (Wildman–Crippen LogP) is 3.29. The van der Waals surface area contributed by atoms with Crippen molar-refractivity contribution in [2.24, 2.45) is 0 Å². The molecule has 0 radical (unpaired) electrons. The zero-order valence-electron chi connectivity index (χ0n) is 13.3. The van der Waals surface area contributed by atoms with Crippen LogP contribution in [0.15, 0.2) is 76.5 Å². The minimum Gasteiger partial charge on any atom is -0.322 e. The van der Waals surface area contributed by atoms with Gasteiger partial charge in [0.25, 0.3) is 15.9 Å². The lowest BCUT2D eigenvalue weighted by atomic mass is 10.2. The van der Waals surface area contributed by atoms with Crippen molar-refractivity contribution in [3.05, 3.63) is 77.2 Å². The molecule has 0 fully saturated rings. The number of anilines is 2. The molecule has 2 heterocycles. The van der Waals surface area contributed by atoms with Crippen LogP contribution < -0.4 is 10.0 Å². The minimum absolute atomic E-state index is 0.0604. The topological polar surface area (TPSA) is 101 Å². The number of hydrogen-bond acceptors (Lipinski definition) is 5. The molecular weight excluding hydrogens is 420 g/mol. The molecule has 0 spiro atoms. The summed E-state index contributed by atoms with van der Waals surface area (Å²) in [5, 5.41) is 2.69. The third-order valence-corrected chi connectivity index (χ3v) is 5.10. The van der Waals surface area contributed by atoms with Gasteiger partial charge in [-0.2, -0.15) is 0 Å². The molecule has 0 unspecified atom stereocenters. The first kappa shape index (κ1) is 18.0. The van der Waals surface area contributed by atoms with E-state index in [0.29, 0.717) is 15.7 Å². The smallest absolute Gasteiger partial charge is 0.263 e. The molecule has 0 aliphatic heterocycles. The number of rotatable bonds is 5. The number of nitrogens with zero attached hydrogens (tertiary/aromatic N) is 2. The Hall–Kier alpha value is -2.78. The summed E-state index contributed by atoms with van der Waals surface area (Å²) in [4.78, 5) is 20.1. The second-order valence-corrected chi connectivity index (χ2v) is 7.79. The van der Waals surface area contributed by atoms with Gasteiger partial charge in [-0.25, -0.2) is 13.4 Å². The van der Waals surface area contributed by atoms with Gasteiger partial charge in [-0.05, 0) is 58.4 Å². The zero-order valence-corrected chi connectivity index (χ0v) is 15.7. The van der Waals surface area contributed by atoms with Gasteiger partial charge in [-0.15, -0.1) is 0 Å². The van der Waals surface area contributed by atoms with Crippen LogP contribution in [0.2, 0.25) is 0 Å². The predicted molar refractivity (Wildman–Crippen MR) is 101 cm³/mol. The van der Waals surface area contributed by atoms with Crippen LogP contribution in [0.3, 0.4) is 0 Å². The number of halogens is 1. The van der Waals surface area contributed by atoms with E-state index in [0.717, 1.165) is 0 Å². The second kappa shape index (κ2) is 7.63. The summed E-state index contributed by atoms with van der Waals surface area (Å²) < 4.78 is 27.8. The van der Waals surface area contributed by atoms with Crippen LogP contribution in [0.1, 0.15) is 10.4 Å². The van der Waals surface area contributed by atoms with E-state index < -0.39 is 10.0 Å². The van der Waals surface area contributed by atoms with Gasteiger partial charge >= 0.3 is 0 Å². The van der Waals surface area contributed by atoms with E-state index in [-0.39, 0.29) is 16.6 Å². The molecule has 0 aliphatic rings. The van der Waals surface area contributed by atoms with Crippen LogP contribution in [-0.2, 0) is 10.0 Å². The first-order valence-electron chi connectivity index (χ1n) is 7.40. The highest BCUT2D eigenvalue weighted by Crippen LogP contribution is 2.18. The Balaban J connectivity index is 1.73. The van der Waals surface area contributed by atoms with Gasteiger partial charge in [0.05, 0.1) is 10.5 Å². The summed E-state index contributed by atoms with van der Waals surface area (Å²) in [6.07, 6.45) is 4.51. The summed E-state index contributed by atoms with van der Waals surface area (Å²) in [6.45, 7) is 0. The Morgan fingerprint density at radius 2 is 1.81 bits per heavy atom. The fraction of sp³-hybridized carbons (Fsp3) is 0. The largest absolute Gasteiger partial charge is 0.322 e. The van der Waals surface area contributed by atoms with Gasteiger partial charge in [-0.3, -0.25) is 14.5 Å². The first-order valence-corrected chi connectivity index (χ1v) is 9.67. The summed E-state index contributed by atoms with van der Waals surface area (Å²) in [5.41, 5.74) is 0.847. The lowest BCUT2D eigenvalue weighted by molar-refractivity contribution is 0.102. The fourth-order valence-electron chi connectivity index (χ4n) is 2.08. The number of carbonyl (C=O) groups is 1. The van der Waals surface area contributed by atoms with Gasteiger partial charge in [-0.1, -0.05) is 6.07 Å². The molecule has 0 saturated carbocycles. The normalized spacial score (nSPS) is 11.0. The van der Waals surface area contributed by atoms with Crippen molar-refractivity contribution in [2.45, 2.75) is 4.90 Å². The van der Waals surface area contributed by atoms with E-state index in [2.05, 4.69) is 35.9 Å². The Kier molecular flexibility index (Phi) is 5.29. The Labute approximate surface area is 158 Å². The lowest BCUT2D eigenvalue weighted by Gasteiger charge is -2.09. The van der Waals surface area contributed by atoms with Crippen molar-refractivity contribution >= 4 is 43.4 Å². The highest BCUT2D eigenvalue weighted by Gasteiger charge is 2.15. The first-order chi connectivity index (χ1) is 12.4. The number of benzene rings is 1. The number of aromatic nitrogens is 2. The number of amides is 1. The third-order valence-electron chi connectivity index (χ3n) is 3.29. The monoisotopic (exact) mass is 432 g/mol. The van der Waals surface area contributed by atoms with Gasteiger partial charge in [0, 0.05) is 28.8 Å². The fourth-order valence-corrected chi connectivity index (χ4v) is 3.45. The molecule has 0 bridgehead atoms. The highest BCUT2D eigenvalue weighted by molar-refractivity contribution is 9.10. The van der Waals surface area contributed by atoms with Crippen molar-refractivity contribution in [1.29, 1.82) is 0 Å². The SMILES string of the molecule is O=C(Nc1ccc(S(=O)(=O)Nc2ccccn2)cc1)c1cncc(Br)c1. The molecule has 1 aromatic carbocycles. The average Bonchev–Trinajstić information content (AvgIpc) is 2.62. The molecular formula is C17H13BrN4O3S. The lowest BCUT2D eigenvalue weighted by Crippen LogP contribution is -2.14. The molecule has 2 aromatic heterocycles. The molecule has 2 N–H and O–H groups in total. The number of carbonyl (C=O) groups excluding carboxylic acids is 1. The molecule has 7 nitrogen and oxygen atoms in total. The van der Waals surface area contributed by atoms with E-state index in [4.69, 9.17) is 0 Å². The second-order valence-electron chi connectivity index (χ2n) is 5.19. The van der Waals surface area contributed by atoms with E-state index in [1.165, 1.54) is 36.7 Å². The van der Waals surface area contributed by atoms with E-state index >= 15 is 0 Å². The van der Waals surface area contributed by atoms with Gasteiger partial charge in [0.2, 0.25) is 0 Å². The number of sulfonamides is 1. The maximum atomic E-state index is 12.3. The summed E-state index contributed by atoms with van der Waals surface area (Å²) >= 11 is 3.25. The van der Waals surface area contributed by atoms with Crippen molar-refractivity contribution < 1.29 is 13.2 Å². The van der Waals surface area contributed by atoms with Gasteiger partial charge in [0.15, 0.2) is 0 Å². The molecule has 3 rings (SSSR count). The molecule has 0 atom stereocenters. The van der Waals surface area contributed by atoms with E-state index in [1.807, 2.05) is 0 Å². The Bertz CT molecular complexity index is 1030. The molecule has 3 aromatic rings. The highest BCUT2D eigenvalue weighted by atomic mass is 79.9. The number of nitrogens with one attached hydrogen (secondary N) is 2. The van der Waals surface area contributed by atoms with Gasteiger partial charge in [0.1, 0.15) is 5.82 Å². The van der Waals surface area contributed by atoms with Crippen LogP contribution in [0.5, 0.6) is 0 Å². The van der Waals surface area contributed by atoms with Crippen LogP contribution in [0.25, 0.3) is 0 Å². The van der Waals surface area contributed by atoms with Crippen molar-refractivity contribution in [3.8, 4) is 0 Å². The van der Waals surface area contributed by atoms with E-state index in [1.54, 1.807) is 30.5 Å². The molecule has 0 saturated heterocycles. The third kappa shape index (κ3) is 4.44. The molecule has 1 amide bonds. The van der Waals surface area contributed by atoms with Crippen LogP contribution in [0, 0.1) is 0 Å². The quantitative estimate of drug-likeness (QED) is 0.643. The van der Waals surface area contributed by atoms with Crippen LogP contribution >= 0.6 is 15.9 Å². The average molecular weight is 433 g/mol. The number of pyridine rings is 2. The Morgan fingerprint density at radius 3 is 2.46 bits per heavy atom. The van der Waals surface area contributed by atoms with Crippen molar-refractivity contribution in [3.63, 3.8) is 0 Å². The molecule has 0 aliphatic carbocycles. The molecule has 26 heavy (non-hydrogen) atoms. The minimum atomic E-state index is -3.76. The maximum Gasteiger partial charge on any atom is 0.263 e. The standard InChI is InChI=1S/C17H13BrN4O3S/c18-13-9-12(10-19-11-13)17(23)21-14-4-6-15(7-5-14)26(24,25)22-16-3-1-2-8-20-16/h1-11H,(H,20,22)(H,21,23). The van der Waals surface area contributed by atoms with Crippen molar-refractivity contribution in [2.75, 3.05) is 10.0 Å². The van der Waals surface area contributed by atoms with Crippen molar-refractivity contribution in [1.82, 2.24) is 9.97 Å². The summed E-state index contributed by atoms with van der Waals surface area (Å²) in [6, 6.07) is 12.4. The zero-order chi connectivity index (χ0) is 18.6. The van der Waals surface area contributed by atoms with Crippen LogP contribution in [-0.4, -0.2) is 24.3 Å². The number of hydrogen-bond donors (Lipinski definition) is 2. The summed E-state index contributed by atoms with van der Waals surface area (Å²) in [5.74, 6) is -0.118.